The van der Waals surface area contributed by atoms with Crippen molar-refractivity contribution < 1.29 is 4.79 Å². The van der Waals surface area contributed by atoms with E-state index in [2.05, 4.69) is 17.3 Å². The molecule has 2 aromatic rings. The lowest BCUT2D eigenvalue weighted by Gasteiger charge is -2.08. The van der Waals surface area contributed by atoms with E-state index in [1.165, 1.54) is 0 Å². The summed E-state index contributed by atoms with van der Waals surface area (Å²) in [6, 6.07) is 8.02. The molecule has 5 heteroatoms. The molecule has 0 spiro atoms. The van der Waals surface area contributed by atoms with Gasteiger partial charge in [-0.15, -0.1) is 0 Å². The number of nitrogens with two attached hydrogens (primary N) is 1. The molecule has 0 bridgehead atoms. The molecule has 1 aromatic heterocycles. The van der Waals surface area contributed by atoms with Gasteiger partial charge in [-0.05, 0) is 31.4 Å². The molecule has 1 atom stereocenters. The summed E-state index contributed by atoms with van der Waals surface area (Å²) >= 11 is 0. The highest BCUT2D eigenvalue weighted by Gasteiger charge is 2.13. The third-order valence-electron chi connectivity index (χ3n) is 3.89. The average Bonchev–Trinajstić information content (AvgIpc) is 2.92. The fourth-order valence-electron chi connectivity index (χ4n) is 2.39. The van der Waals surface area contributed by atoms with Gasteiger partial charge in [0.25, 0.3) is 5.91 Å². The van der Waals surface area contributed by atoms with E-state index >= 15 is 0 Å². The van der Waals surface area contributed by atoms with Crippen molar-refractivity contribution in [2.45, 2.75) is 52.7 Å². The molecule has 0 saturated carbocycles. The summed E-state index contributed by atoms with van der Waals surface area (Å²) in [5.74, 6) is -0.0819. The van der Waals surface area contributed by atoms with Crippen LogP contribution in [0.3, 0.4) is 0 Å². The number of aryl methyl sites for hydroxylation is 2. The van der Waals surface area contributed by atoms with Gasteiger partial charge in [-0.1, -0.05) is 37.6 Å². The lowest BCUT2D eigenvalue weighted by Crippen LogP contribution is -2.23. The smallest absolute Gasteiger partial charge is 0.255 e. The van der Waals surface area contributed by atoms with Gasteiger partial charge in [0, 0.05) is 25.3 Å². The highest BCUT2D eigenvalue weighted by molar-refractivity contribution is 5.94. The minimum atomic E-state index is -0.0819. The lowest BCUT2D eigenvalue weighted by atomic mass is 10.1. The molecule has 1 amide bonds. The van der Waals surface area contributed by atoms with Crippen LogP contribution in [0.4, 0.5) is 0 Å². The van der Waals surface area contributed by atoms with Crippen LogP contribution in [0.5, 0.6) is 0 Å². The van der Waals surface area contributed by atoms with Crippen LogP contribution in [-0.2, 0) is 13.1 Å². The SMILES string of the molecule is CCCCn1cc(C(=O)NCc2ccc(C(C)N)cc2)c(C)n1. The van der Waals surface area contributed by atoms with E-state index in [1.807, 2.05) is 49.0 Å². The van der Waals surface area contributed by atoms with Crippen molar-refractivity contribution in [1.82, 2.24) is 15.1 Å². The second-order valence-electron chi connectivity index (χ2n) is 5.96. The zero-order chi connectivity index (χ0) is 16.8. The van der Waals surface area contributed by atoms with Crippen molar-refractivity contribution in [3.05, 3.63) is 52.8 Å². The topological polar surface area (TPSA) is 72.9 Å². The number of nitrogens with zero attached hydrogens (tertiary/aromatic N) is 2. The summed E-state index contributed by atoms with van der Waals surface area (Å²) in [5, 5.41) is 7.35. The molecule has 0 aliphatic rings. The number of nitrogens with one attached hydrogen (secondary N) is 1. The van der Waals surface area contributed by atoms with E-state index < -0.39 is 0 Å². The molecule has 1 aromatic carbocycles. The van der Waals surface area contributed by atoms with Crippen LogP contribution in [0.15, 0.2) is 30.5 Å². The number of hydrogen-bond donors (Lipinski definition) is 2. The molecule has 0 radical (unpaired) electrons. The standard InChI is InChI=1S/C18H26N4O/c1-4-5-10-22-12-17(14(3)21-22)18(23)20-11-15-6-8-16(9-7-15)13(2)19/h6-9,12-13H,4-5,10-11,19H2,1-3H3,(H,20,23). The normalized spacial score (nSPS) is 12.2. The van der Waals surface area contributed by atoms with Gasteiger partial charge >= 0.3 is 0 Å². The van der Waals surface area contributed by atoms with E-state index in [9.17, 15) is 4.79 Å². The van der Waals surface area contributed by atoms with Crippen molar-refractivity contribution in [2.75, 3.05) is 0 Å². The largest absolute Gasteiger partial charge is 0.348 e. The molecule has 124 valence electrons. The van der Waals surface area contributed by atoms with Crippen molar-refractivity contribution in [2.24, 2.45) is 5.73 Å². The first-order valence-corrected chi connectivity index (χ1v) is 8.18. The van der Waals surface area contributed by atoms with Gasteiger partial charge in [-0.3, -0.25) is 9.48 Å². The van der Waals surface area contributed by atoms with Crippen LogP contribution in [0.25, 0.3) is 0 Å². The number of carbonyl (C=O) groups excluding carboxylic acids is 1. The van der Waals surface area contributed by atoms with Crippen LogP contribution in [0.2, 0.25) is 0 Å². The van der Waals surface area contributed by atoms with Crippen molar-refractivity contribution in [3.63, 3.8) is 0 Å². The first-order valence-electron chi connectivity index (χ1n) is 8.18. The summed E-state index contributed by atoms with van der Waals surface area (Å²) in [7, 11) is 0. The van der Waals surface area contributed by atoms with Crippen LogP contribution in [-0.4, -0.2) is 15.7 Å². The van der Waals surface area contributed by atoms with Crippen molar-refractivity contribution in [3.8, 4) is 0 Å². The molecule has 0 fully saturated rings. The number of benzene rings is 1. The summed E-state index contributed by atoms with van der Waals surface area (Å²) in [4.78, 5) is 12.3. The molecule has 1 unspecified atom stereocenters. The molecule has 0 aliphatic carbocycles. The first kappa shape index (κ1) is 17.2. The van der Waals surface area contributed by atoms with E-state index in [0.717, 1.165) is 36.2 Å². The number of amides is 1. The van der Waals surface area contributed by atoms with Crippen molar-refractivity contribution in [1.29, 1.82) is 0 Å². The Balaban J connectivity index is 1.95. The van der Waals surface area contributed by atoms with Gasteiger partial charge < -0.3 is 11.1 Å². The number of hydrogen-bond acceptors (Lipinski definition) is 3. The molecule has 1 heterocycles. The molecule has 23 heavy (non-hydrogen) atoms. The minimum Gasteiger partial charge on any atom is -0.348 e. The van der Waals surface area contributed by atoms with Gasteiger partial charge in [0.1, 0.15) is 0 Å². The third kappa shape index (κ3) is 4.66. The molecule has 2 rings (SSSR count). The molecule has 3 N–H and O–H groups in total. The Kier molecular flexibility index (Phi) is 5.93. The number of rotatable bonds is 7. The highest BCUT2D eigenvalue weighted by Crippen LogP contribution is 2.11. The van der Waals surface area contributed by atoms with Crippen LogP contribution in [0, 0.1) is 6.92 Å². The quantitative estimate of drug-likeness (QED) is 0.825. The lowest BCUT2D eigenvalue weighted by molar-refractivity contribution is 0.0950. The maximum absolute atomic E-state index is 12.3. The number of carbonyl (C=O) groups is 1. The predicted octanol–water partition coefficient (Wildman–Crippen LogP) is 2.94. The predicted molar refractivity (Wildman–Crippen MR) is 92.1 cm³/mol. The Morgan fingerprint density at radius 1 is 1.35 bits per heavy atom. The zero-order valence-corrected chi connectivity index (χ0v) is 14.2. The maximum Gasteiger partial charge on any atom is 0.255 e. The van der Waals surface area contributed by atoms with E-state index in [4.69, 9.17) is 5.73 Å². The summed E-state index contributed by atoms with van der Waals surface area (Å²) in [6.07, 6.45) is 4.01. The maximum atomic E-state index is 12.3. The molecular formula is C18H26N4O. The van der Waals surface area contributed by atoms with Gasteiger partial charge in [-0.25, -0.2) is 0 Å². The number of aromatic nitrogens is 2. The van der Waals surface area contributed by atoms with Gasteiger partial charge in [0.2, 0.25) is 0 Å². The Bertz CT molecular complexity index is 644. The average molecular weight is 314 g/mol. The van der Waals surface area contributed by atoms with Gasteiger partial charge in [-0.2, -0.15) is 5.10 Å². The van der Waals surface area contributed by atoms with Crippen LogP contribution >= 0.6 is 0 Å². The Morgan fingerprint density at radius 3 is 2.65 bits per heavy atom. The molecule has 0 aliphatic heterocycles. The second kappa shape index (κ2) is 7.92. The van der Waals surface area contributed by atoms with Crippen LogP contribution in [0.1, 0.15) is 59.9 Å². The third-order valence-corrected chi connectivity index (χ3v) is 3.89. The van der Waals surface area contributed by atoms with E-state index in [0.29, 0.717) is 12.1 Å². The fourth-order valence-corrected chi connectivity index (χ4v) is 2.39. The van der Waals surface area contributed by atoms with Crippen LogP contribution < -0.4 is 11.1 Å². The Morgan fingerprint density at radius 2 is 2.04 bits per heavy atom. The fraction of sp³-hybridized carbons (Fsp3) is 0.444. The zero-order valence-electron chi connectivity index (χ0n) is 14.2. The molecule has 0 saturated heterocycles. The molecular weight excluding hydrogens is 288 g/mol. The van der Waals surface area contributed by atoms with E-state index in [1.54, 1.807) is 0 Å². The second-order valence-corrected chi connectivity index (χ2v) is 5.96. The molecule has 5 nitrogen and oxygen atoms in total. The first-order chi connectivity index (χ1) is 11.0. The summed E-state index contributed by atoms with van der Waals surface area (Å²) in [5.41, 5.74) is 9.40. The Hall–Kier alpha value is -2.14. The van der Waals surface area contributed by atoms with Crippen molar-refractivity contribution >= 4 is 5.91 Å². The van der Waals surface area contributed by atoms with Gasteiger partial charge in [0.15, 0.2) is 0 Å². The summed E-state index contributed by atoms with van der Waals surface area (Å²) in [6.45, 7) is 7.31. The Labute approximate surface area is 137 Å². The summed E-state index contributed by atoms with van der Waals surface area (Å²) < 4.78 is 1.85. The highest BCUT2D eigenvalue weighted by atomic mass is 16.1. The number of unbranched alkanes of at least 4 members (excludes halogenated alkanes) is 1. The van der Waals surface area contributed by atoms with E-state index in [-0.39, 0.29) is 11.9 Å². The monoisotopic (exact) mass is 314 g/mol. The van der Waals surface area contributed by atoms with Gasteiger partial charge in [0.05, 0.1) is 11.3 Å². The minimum absolute atomic E-state index is 0.0234.